The van der Waals surface area contributed by atoms with Crippen LogP contribution in [0.25, 0.3) is 0 Å². The fourth-order valence-corrected chi connectivity index (χ4v) is 2.69. The minimum Gasteiger partial charge on any atom is -0.325 e. The lowest BCUT2D eigenvalue weighted by atomic mass is 10.1. The Bertz CT molecular complexity index is 718. The van der Waals surface area contributed by atoms with Crippen molar-refractivity contribution in [1.82, 2.24) is 14.7 Å². The summed E-state index contributed by atoms with van der Waals surface area (Å²) in [5.41, 5.74) is 6.53. The average molecular weight is 314 g/mol. The number of rotatable bonds is 5. The van der Waals surface area contributed by atoms with Crippen molar-refractivity contribution in [2.75, 3.05) is 18.9 Å². The quantitative estimate of drug-likeness (QED) is 0.923. The van der Waals surface area contributed by atoms with Crippen molar-refractivity contribution in [2.45, 2.75) is 34.2 Å². The number of nitrogens with zero attached hydrogens (tertiary/aromatic N) is 3. The van der Waals surface area contributed by atoms with Crippen molar-refractivity contribution in [1.29, 1.82) is 0 Å². The third-order valence-corrected chi connectivity index (χ3v) is 4.38. The van der Waals surface area contributed by atoms with Crippen LogP contribution in [0, 0.1) is 27.7 Å². The van der Waals surface area contributed by atoms with Crippen LogP contribution in [-0.4, -0.2) is 34.2 Å². The molecule has 0 bridgehead atoms. The molecule has 1 heterocycles. The Balaban J connectivity index is 1.98. The SMILES string of the molecule is Cc1cccc(NC(=O)CN(C)Cc2c(C)nn(C)c2C)c1C. The number of benzene rings is 1. The number of anilines is 1. The summed E-state index contributed by atoms with van der Waals surface area (Å²) < 4.78 is 1.88. The van der Waals surface area contributed by atoms with Gasteiger partial charge < -0.3 is 5.32 Å². The van der Waals surface area contributed by atoms with Gasteiger partial charge in [-0.1, -0.05) is 12.1 Å². The van der Waals surface area contributed by atoms with Crippen LogP contribution >= 0.6 is 0 Å². The lowest BCUT2D eigenvalue weighted by Crippen LogP contribution is -2.30. The summed E-state index contributed by atoms with van der Waals surface area (Å²) in [6.45, 7) is 9.20. The van der Waals surface area contributed by atoms with Crippen molar-refractivity contribution in [2.24, 2.45) is 7.05 Å². The van der Waals surface area contributed by atoms with Crippen molar-refractivity contribution < 1.29 is 4.79 Å². The molecule has 0 fully saturated rings. The molecule has 1 aromatic heterocycles. The van der Waals surface area contributed by atoms with E-state index in [4.69, 9.17) is 0 Å². The monoisotopic (exact) mass is 314 g/mol. The van der Waals surface area contributed by atoms with Crippen molar-refractivity contribution in [3.63, 3.8) is 0 Å². The fraction of sp³-hybridized carbons (Fsp3) is 0.444. The van der Waals surface area contributed by atoms with Gasteiger partial charge in [-0.2, -0.15) is 5.10 Å². The second kappa shape index (κ2) is 6.96. The van der Waals surface area contributed by atoms with Crippen LogP contribution in [0.5, 0.6) is 0 Å². The van der Waals surface area contributed by atoms with Crippen molar-refractivity contribution in [3.05, 3.63) is 46.3 Å². The molecule has 0 saturated heterocycles. The van der Waals surface area contributed by atoms with Crippen molar-refractivity contribution >= 4 is 11.6 Å². The maximum atomic E-state index is 12.3. The van der Waals surface area contributed by atoms with Gasteiger partial charge in [0.2, 0.25) is 5.91 Å². The highest BCUT2D eigenvalue weighted by Crippen LogP contribution is 2.18. The molecule has 2 rings (SSSR count). The van der Waals surface area contributed by atoms with Gasteiger partial charge >= 0.3 is 0 Å². The summed E-state index contributed by atoms with van der Waals surface area (Å²) >= 11 is 0. The Morgan fingerprint density at radius 3 is 2.57 bits per heavy atom. The van der Waals surface area contributed by atoms with Gasteiger partial charge in [-0.15, -0.1) is 0 Å². The molecule has 5 heteroatoms. The Morgan fingerprint density at radius 2 is 1.96 bits per heavy atom. The van der Waals surface area contributed by atoms with Gasteiger partial charge in [0.05, 0.1) is 12.2 Å². The van der Waals surface area contributed by atoms with Crippen LogP contribution in [0.2, 0.25) is 0 Å². The lowest BCUT2D eigenvalue weighted by molar-refractivity contribution is -0.117. The molecular formula is C18H26N4O. The maximum Gasteiger partial charge on any atom is 0.238 e. The molecule has 124 valence electrons. The molecule has 0 aliphatic rings. The van der Waals surface area contributed by atoms with Crippen LogP contribution < -0.4 is 5.32 Å². The molecule has 0 unspecified atom stereocenters. The van der Waals surface area contributed by atoms with E-state index in [1.807, 2.05) is 62.6 Å². The minimum atomic E-state index is 0.000367. The van der Waals surface area contributed by atoms with E-state index in [2.05, 4.69) is 17.3 Å². The highest BCUT2D eigenvalue weighted by molar-refractivity contribution is 5.93. The Labute approximate surface area is 138 Å². The van der Waals surface area contributed by atoms with Crippen LogP contribution in [0.4, 0.5) is 5.69 Å². The molecule has 23 heavy (non-hydrogen) atoms. The molecule has 0 spiro atoms. The average Bonchev–Trinajstić information content (AvgIpc) is 2.70. The second-order valence-corrected chi connectivity index (χ2v) is 6.24. The minimum absolute atomic E-state index is 0.000367. The first kappa shape index (κ1) is 17.2. The Hall–Kier alpha value is -2.14. The fourth-order valence-electron chi connectivity index (χ4n) is 2.69. The number of amides is 1. The zero-order valence-corrected chi connectivity index (χ0v) is 14.9. The number of carbonyl (C=O) groups excluding carboxylic acids is 1. The van der Waals surface area contributed by atoms with E-state index >= 15 is 0 Å². The molecule has 5 nitrogen and oxygen atoms in total. The van der Waals surface area contributed by atoms with Crippen molar-refractivity contribution in [3.8, 4) is 0 Å². The van der Waals surface area contributed by atoms with Gasteiger partial charge in [0.25, 0.3) is 0 Å². The van der Waals surface area contributed by atoms with E-state index in [0.29, 0.717) is 13.1 Å². The summed E-state index contributed by atoms with van der Waals surface area (Å²) in [6, 6.07) is 5.95. The maximum absolute atomic E-state index is 12.3. The summed E-state index contributed by atoms with van der Waals surface area (Å²) in [4.78, 5) is 14.3. The number of aryl methyl sites for hydroxylation is 3. The largest absolute Gasteiger partial charge is 0.325 e. The molecule has 2 aromatic rings. The summed E-state index contributed by atoms with van der Waals surface area (Å²) in [6.07, 6.45) is 0. The smallest absolute Gasteiger partial charge is 0.238 e. The van der Waals surface area contributed by atoms with E-state index < -0.39 is 0 Å². The molecule has 1 N–H and O–H groups in total. The van der Waals surface area contributed by atoms with E-state index in [1.165, 1.54) is 11.1 Å². The number of carbonyl (C=O) groups is 1. The van der Waals surface area contributed by atoms with Crippen LogP contribution in [0.1, 0.15) is 28.1 Å². The highest BCUT2D eigenvalue weighted by Gasteiger charge is 2.14. The van der Waals surface area contributed by atoms with Crippen LogP contribution in [0.15, 0.2) is 18.2 Å². The number of hydrogen-bond acceptors (Lipinski definition) is 3. The molecule has 0 aliphatic carbocycles. The third kappa shape index (κ3) is 3.99. The van der Waals surface area contributed by atoms with Gasteiger partial charge in [0.1, 0.15) is 0 Å². The first-order chi connectivity index (χ1) is 10.8. The zero-order chi connectivity index (χ0) is 17.1. The molecule has 0 radical (unpaired) electrons. The highest BCUT2D eigenvalue weighted by atomic mass is 16.2. The van der Waals surface area contributed by atoms with Crippen LogP contribution in [0.3, 0.4) is 0 Å². The van der Waals surface area contributed by atoms with E-state index in [-0.39, 0.29) is 5.91 Å². The Kier molecular flexibility index (Phi) is 5.21. The van der Waals surface area contributed by atoms with Gasteiger partial charge in [-0.05, 0) is 51.9 Å². The van der Waals surface area contributed by atoms with E-state index in [1.54, 1.807) is 0 Å². The standard InChI is InChI=1S/C18H26N4O/c1-12-8-7-9-17(13(12)2)19-18(23)11-21(5)10-16-14(3)20-22(6)15(16)4/h7-9H,10-11H2,1-6H3,(H,19,23). The predicted molar refractivity (Wildman–Crippen MR) is 93.6 cm³/mol. The third-order valence-electron chi connectivity index (χ3n) is 4.38. The molecule has 0 atom stereocenters. The van der Waals surface area contributed by atoms with Gasteiger partial charge in [-0.25, -0.2) is 0 Å². The number of nitrogens with one attached hydrogen (secondary N) is 1. The molecular weight excluding hydrogens is 288 g/mol. The molecule has 0 aliphatic heterocycles. The lowest BCUT2D eigenvalue weighted by Gasteiger charge is -2.17. The topological polar surface area (TPSA) is 50.2 Å². The van der Waals surface area contributed by atoms with Gasteiger partial charge in [0.15, 0.2) is 0 Å². The number of likely N-dealkylation sites (N-methyl/N-ethyl adjacent to an activating group) is 1. The van der Waals surface area contributed by atoms with Gasteiger partial charge in [-0.3, -0.25) is 14.4 Å². The van der Waals surface area contributed by atoms with Crippen LogP contribution in [-0.2, 0) is 18.4 Å². The van der Waals surface area contributed by atoms with E-state index in [0.717, 1.165) is 22.6 Å². The summed E-state index contributed by atoms with van der Waals surface area (Å²) in [5, 5.41) is 7.42. The summed E-state index contributed by atoms with van der Waals surface area (Å²) in [7, 11) is 3.90. The van der Waals surface area contributed by atoms with Gasteiger partial charge in [0, 0.05) is 30.5 Å². The number of aromatic nitrogens is 2. The number of hydrogen-bond donors (Lipinski definition) is 1. The predicted octanol–water partition coefficient (Wildman–Crippen LogP) is 2.72. The summed E-state index contributed by atoms with van der Waals surface area (Å²) in [5.74, 6) is 0.000367. The normalized spacial score (nSPS) is 11.1. The second-order valence-electron chi connectivity index (χ2n) is 6.24. The first-order valence-electron chi connectivity index (χ1n) is 7.83. The first-order valence-corrected chi connectivity index (χ1v) is 7.83. The Morgan fingerprint density at radius 1 is 1.26 bits per heavy atom. The zero-order valence-electron chi connectivity index (χ0n) is 14.9. The molecule has 1 aromatic carbocycles. The van der Waals surface area contributed by atoms with E-state index in [9.17, 15) is 4.79 Å². The molecule has 0 saturated carbocycles. The molecule has 1 amide bonds.